The van der Waals surface area contributed by atoms with E-state index in [9.17, 15) is 13.2 Å². The molecule has 0 bridgehead atoms. The molecule has 0 aliphatic heterocycles. The van der Waals surface area contributed by atoms with Crippen LogP contribution in [0, 0.1) is 17.5 Å². The van der Waals surface area contributed by atoms with E-state index in [4.69, 9.17) is 0 Å². The second-order valence-corrected chi connectivity index (χ2v) is 4.26. The molecule has 0 fully saturated rings. The maximum atomic E-state index is 13.5. The summed E-state index contributed by atoms with van der Waals surface area (Å²) in [5.74, 6) is -3.21. The molecule has 0 atom stereocenters. The summed E-state index contributed by atoms with van der Waals surface area (Å²) in [7, 11) is 0. The zero-order valence-electron chi connectivity index (χ0n) is 10.9. The standard InChI is InChI=1S/C14H14F3N3/c1-2-3-19-10-6-11(8-18-7-10)20-13-5-9(15)4-12(16)14(13)17/h4-8,19-20H,2-3H2,1H3. The number of hydrogen-bond acceptors (Lipinski definition) is 3. The minimum absolute atomic E-state index is 0.267. The zero-order valence-corrected chi connectivity index (χ0v) is 10.9. The van der Waals surface area contributed by atoms with Crippen molar-refractivity contribution in [3.05, 3.63) is 48.0 Å². The average Bonchev–Trinajstić information content (AvgIpc) is 2.42. The fraction of sp³-hybridized carbons (Fsp3) is 0.214. The maximum absolute atomic E-state index is 13.5. The molecule has 0 spiro atoms. The highest BCUT2D eigenvalue weighted by Crippen LogP contribution is 2.24. The summed E-state index contributed by atoms with van der Waals surface area (Å²) >= 11 is 0. The van der Waals surface area contributed by atoms with Crippen molar-refractivity contribution in [3.63, 3.8) is 0 Å². The van der Waals surface area contributed by atoms with Crippen molar-refractivity contribution in [2.45, 2.75) is 13.3 Å². The van der Waals surface area contributed by atoms with E-state index in [0.29, 0.717) is 11.8 Å². The summed E-state index contributed by atoms with van der Waals surface area (Å²) < 4.78 is 39.7. The Morgan fingerprint density at radius 3 is 2.55 bits per heavy atom. The first-order valence-corrected chi connectivity index (χ1v) is 6.20. The number of aromatic nitrogens is 1. The molecule has 0 aliphatic rings. The van der Waals surface area contributed by atoms with Gasteiger partial charge in [0.2, 0.25) is 0 Å². The molecule has 2 N–H and O–H groups in total. The molecule has 6 heteroatoms. The summed E-state index contributed by atoms with van der Waals surface area (Å²) in [5.41, 5.74) is 0.918. The first kappa shape index (κ1) is 14.2. The summed E-state index contributed by atoms with van der Waals surface area (Å²) in [5, 5.41) is 5.73. The van der Waals surface area contributed by atoms with Crippen molar-refractivity contribution in [2.75, 3.05) is 17.2 Å². The van der Waals surface area contributed by atoms with Crippen LogP contribution in [0.25, 0.3) is 0 Å². The average molecular weight is 281 g/mol. The molecular weight excluding hydrogens is 267 g/mol. The number of anilines is 3. The van der Waals surface area contributed by atoms with Gasteiger partial charge in [-0.3, -0.25) is 4.98 Å². The van der Waals surface area contributed by atoms with E-state index >= 15 is 0 Å². The Morgan fingerprint density at radius 1 is 1.05 bits per heavy atom. The van der Waals surface area contributed by atoms with Crippen LogP contribution < -0.4 is 10.6 Å². The predicted octanol–water partition coefficient (Wildman–Crippen LogP) is 4.06. The topological polar surface area (TPSA) is 37.0 Å². The Labute approximate surface area is 114 Å². The van der Waals surface area contributed by atoms with Crippen LogP contribution in [0.3, 0.4) is 0 Å². The van der Waals surface area contributed by atoms with E-state index < -0.39 is 17.5 Å². The van der Waals surface area contributed by atoms with Crippen LogP contribution in [0.5, 0.6) is 0 Å². The fourth-order valence-corrected chi connectivity index (χ4v) is 1.68. The fourth-order valence-electron chi connectivity index (χ4n) is 1.68. The van der Waals surface area contributed by atoms with Crippen LogP contribution in [0.1, 0.15) is 13.3 Å². The minimum atomic E-state index is -1.24. The van der Waals surface area contributed by atoms with Crippen LogP contribution >= 0.6 is 0 Å². The van der Waals surface area contributed by atoms with Gasteiger partial charge in [0.1, 0.15) is 5.82 Å². The van der Waals surface area contributed by atoms with Crippen LogP contribution in [-0.4, -0.2) is 11.5 Å². The van der Waals surface area contributed by atoms with Crippen molar-refractivity contribution in [1.82, 2.24) is 4.98 Å². The van der Waals surface area contributed by atoms with Crippen molar-refractivity contribution in [1.29, 1.82) is 0 Å². The van der Waals surface area contributed by atoms with Gasteiger partial charge in [-0.15, -0.1) is 0 Å². The molecule has 0 unspecified atom stereocenters. The van der Waals surface area contributed by atoms with E-state index in [-0.39, 0.29) is 5.69 Å². The predicted molar refractivity (Wildman–Crippen MR) is 72.6 cm³/mol. The third-order valence-electron chi connectivity index (χ3n) is 2.59. The van der Waals surface area contributed by atoms with Crippen molar-refractivity contribution in [3.8, 4) is 0 Å². The maximum Gasteiger partial charge on any atom is 0.182 e. The van der Waals surface area contributed by atoms with Gasteiger partial charge in [0, 0.05) is 18.7 Å². The molecule has 106 valence electrons. The molecule has 3 nitrogen and oxygen atoms in total. The second-order valence-electron chi connectivity index (χ2n) is 4.26. The van der Waals surface area contributed by atoms with E-state index in [1.807, 2.05) is 6.92 Å². The molecule has 0 amide bonds. The van der Waals surface area contributed by atoms with E-state index in [1.54, 1.807) is 12.3 Å². The highest BCUT2D eigenvalue weighted by atomic mass is 19.2. The number of rotatable bonds is 5. The van der Waals surface area contributed by atoms with Crippen molar-refractivity contribution < 1.29 is 13.2 Å². The van der Waals surface area contributed by atoms with E-state index in [2.05, 4.69) is 15.6 Å². The molecule has 0 aliphatic carbocycles. The van der Waals surface area contributed by atoms with Crippen LogP contribution in [0.15, 0.2) is 30.6 Å². The van der Waals surface area contributed by atoms with Gasteiger partial charge >= 0.3 is 0 Å². The summed E-state index contributed by atoms with van der Waals surface area (Å²) in [4.78, 5) is 3.97. The van der Waals surface area contributed by atoms with Crippen LogP contribution in [0.2, 0.25) is 0 Å². The van der Waals surface area contributed by atoms with Gasteiger partial charge < -0.3 is 10.6 Å². The molecule has 2 rings (SSSR count). The lowest BCUT2D eigenvalue weighted by Crippen LogP contribution is -2.02. The van der Waals surface area contributed by atoms with Crippen LogP contribution in [0.4, 0.5) is 30.2 Å². The lowest BCUT2D eigenvalue weighted by molar-refractivity contribution is 0.498. The van der Waals surface area contributed by atoms with Gasteiger partial charge in [0.25, 0.3) is 0 Å². The molecule has 0 saturated carbocycles. The number of pyridine rings is 1. The van der Waals surface area contributed by atoms with Gasteiger partial charge in [0.05, 0.1) is 29.5 Å². The largest absolute Gasteiger partial charge is 0.384 e. The van der Waals surface area contributed by atoms with E-state index in [1.165, 1.54) is 6.20 Å². The molecule has 0 radical (unpaired) electrons. The van der Waals surface area contributed by atoms with Gasteiger partial charge in [-0.25, -0.2) is 13.2 Å². The third kappa shape index (κ3) is 3.40. The van der Waals surface area contributed by atoms with Crippen molar-refractivity contribution in [2.24, 2.45) is 0 Å². The Hall–Kier alpha value is -2.24. The van der Waals surface area contributed by atoms with Gasteiger partial charge in [-0.1, -0.05) is 6.92 Å². The number of halogens is 3. The Balaban J connectivity index is 2.21. The highest BCUT2D eigenvalue weighted by Gasteiger charge is 2.11. The molecule has 20 heavy (non-hydrogen) atoms. The minimum Gasteiger partial charge on any atom is -0.384 e. The lowest BCUT2D eigenvalue weighted by atomic mass is 10.2. The van der Waals surface area contributed by atoms with Gasteiger partial charge in [0.15, 0.2) is 11.6 Å². The zero-order chi connectivity index (χ0) is 14.5. The number of nitrogens with zero attached hydrogens (tertiary/aromatic N) is 1. The molecule has 1 aromatic heterocycles. The number of hydrogen-bond donors (Lipinski definition) is 2. The monoisotopic (exact) mass is 281 g/mol. The SMILES string of the molecule is CCCNc1cncc(Nc2cc(F)cc(F)c2F)c1. The first-order chi connectivity index (χ1) is 9.60. The Kier molecular flexibility index (Phi) is 4.45. The Morgan fingerprint density at radius 2 is 1.80 bits per heavy atom. The quantitative estimate of drug-likeness (QED) is 0.811. The van der Waals surface area contributed by atoms with Crippen LogP contribution in [-0.2, 0) is 0 Å². The first-order valence-electron chi connectivity index (χ1n) is 6.20. The lowest BCUT2D eigenvalue weighted by Gasteiger charge is -2.10. The highest BCUT2D eigenvalue weighted by molar-refractivity contribution is 5.63. The number of nitrogens with one attached hydrogen (secondary N) is 2. The Bertz CT molecular complexity index is 602. The normalized spacial score (nSPS) is 10.4. The third-order valence-corrected chi connectivity index (χ3v) is 2.59. The molecule has 0 saturated heterocycles. The second kappa shape index (κ2) is 6.27. The van der Waals surface area contributed by atoms with Crippen molar-refractivity contribution >= 4 is 17.1 Å². The molecule has 1 heterocycles. The smallest absolute Gasteiger partial charge is 0.182 e. The van der Waals surface area contributed by atoms with E-state index in [0.717, 1.165) is 24.7 Å². The number of benzene rings is 1. The molecular formula is C14H14F3N3. The van der Waals surface area contributed by atoms with Gasteiger partial charge in [-0.2, -0.15) is 0 Å². The summed E-state index contributed by atoms with van der Waals surface area (Å²) in [6.45, 7) is 2.79. The molecule has 1 aromatic carbocycles. The summed E-state index contributed by atoms with van der Waals surface area (Å²) in [6.07, 6.45) is 4.00. The van der Waals surface area contributed by atoms with Gasteiger partial charge in [-0.05, 0) is 12.5 Å². The summed E-state index contributed by atoms with van der Waals surface area (Å²) in [6, 6.07) is 3.08. The molecule has 2 aromatic rings.